The van der Waals surface area contributed by atoms with Gasteiger partial charge in [0.25, 0.3) is 0 Å². The van der Waals surface area contributed by atoms with E-state index in [9.17, 15) is 4.39 Å². The molecule has 3 aromatic heterocycles. The zero-order valence-corrected chi connectivity index (χ0v) is 18.5. The number of rotatable bonds is 5. The van der Waals surface area contributed by atoms with Gasteiger partial charge in [0.05, 0.1) is 24.6 Å². The maximum atomic E-state index is 14.5. The molecule has 1 aromatic carbocycles. The van der Waals surface area contributed by atoms with Crippen molar-refractivity contribution in [3.63, 3.8) is 0 Å². The zero-order chi connectivity index (χ0) is 22.8. The molecule has 8 nitrogen and oxygen atoms in total. The van der Waals surface area contributed by atoms with Crippen LogP contribution >= 0.6 is 0 Å². The lowest BCUT2D eigenvalue weighted by atomic mass is 10.1. The van der Waals surface area contributed by atoms with Gasteiger partial charge in [0, 0.05) is 44.1 Å². The van der Waals surface area contributed by atoms with Crippen LogP contribution in [-0.2, 0) is 0 Å². The van der Waals surface area contributed by atoms with Gasteiger partial charge in [0.15, 0.2) is 11.6 Å². The van der Waals surface area contributed by atoms with E-state index in [0.717, 1.165) is 43.4 Å². The Labute approximate surface area is 191 Å². The van der Waals surface area contributed by atoms with E-state index in [1.807, 2.05) is 24.4 Å². The summed E-state index contributed by atoms with van der Waals surface area (Å²) < 4.78 is 21.5. The first-order valence-corrected chi connectivity index (χ1v) is 10.7. The lowest BCUT2D eigenvalue weighted by Crippen LogP contribution is -2.44. The third-order valence-electron chi connectivity index (χ3n) is 5.73. The largest absolute Gasteiger partial charge is 0.496 e. The van der Waals surface area contributed by atoms with Crippen molar-refractivity contribution < 1.29 is 9.13 Å². The van der Waals surface area contributed by atoms with Crippen LogP contribution in [-0.4, -0.2) is 70.0 Å². The normalized spacial score (nSPS) is 14.5. The third kappa shape index (κ3) is 4.27. The molecule has 1 aliphatic rings. The van der Waals surface area contributed by atoms with Crippen molar-refractivity contribution in [1.29, 1.82) is 0 Å². The molecule has 0 bridgehead atoms. The van der Waals surface area contributed by atoms with E-state index in [4.69, 9.17) is 9.72 Å². The van der Waals surface area contributed by atoms with Crippen molar-refractivity contribution in [3.05, 3.63) is 66.9 Å². The monoisotopic (exact) mass is 445 g/mol. The number of methoxy groups -OCH3 is 1. The Morgan fingerprint density at radius 2 is 1.73 bits per heavy atom. The molecule has 0 spiro atoms. The van der Waals surface area contributed by atoms with Gasteiger partial charge in [-0.25, -0.2) is 24.0 Å². The Balaban J connectivity index is 1.43. The number of nitrogens with zero attached hydrogens (tertiary/aromatic N) is 7. The maximum absolute atomic E-state index is 14.5. The van der Waals surface area contributed by atoms with Crippen molar-refractivity contribution >= 4 is 5.82 Å². The van der Waals surface area contributed by atoms with Crippen LogP contribution < -0.4 is 9.64 Å². The first kappa shape index (κ1) is 21.0. The summed E-state index contributed by atoms with van der Waals surface area (Å²) in [7, 11) is 3.63. The minimum atomic E-state index is -0.438. The lowest BCUT2D eigenvalue weighted by Gasteiger charge is -2.33. The SMILES string of the molecule is COc1cccc(F)c1-c1nccc(-c2cnn(-c3cccc(N4CCN(C)CC4)n3)c2)n1. The fraction of sp³-hybridized carbons (Fsp3) is 0.250. The number of aromatic nitrogens is 5. The Bertz CT molecular complexity index is 1270. The number of anilines is 1. The average Bonchev–Trinajstić information content (AvgIpc) is 3.35. The van der Waals surface area contributed by atoms with Crippen LogP contribution in [0.3, 0.4) is 0 Å². The predicted molar refractivity (Wildman–Crippen MR) is 124 cm³/mol. The minimum Gasteiger partial charge on any atom is -0.496 e. The summed E-state index contributed by atoms with van der Waals surface area (Å²) in [4.78, 5) is 18.2. The summed E-state index contributed by atoms with van der Waals surface area (Å²) >= 11 is 0. The number of likely N-dealkylation sites (N-methyl/N-ethyl adjacent to an activating group) is 1. The minimum absolute atomic E-state index is 0.232. The molecule has 5 rings (SSSR count). The molecule has 1 fully saturated rings. The predicted octanol–water partition coefficient (Wildman–Crippen LogP) is 3.29. The molecule has 0 amide bonds. The third-order valence-corrected chi connectivity index (χ3v) is 5.73. The molecule has 33 heavy (non-hydrogen) atoms. The van der Waals surface area contributed by atoms with Crippen LogP contribution in [0.25, 0.3) is 28.5 Å². The molecule has 0 aliphatic carbocycles. The van der Waals surface area contributed by atoms with Crippen molar-refractivity contribution in [2.24, 2.45) is 0 Å². The Morgan fingerprint density at radius 1 is 0.939 bits per heavy atom. The van der Waals surface area contributed by atoms with E-state index in [1.165, 1.54) is 13.2 Å². The number of hydrogen-bond donors (Lipinski definition) is 0. The molecule has 1 aliphatic heterocycles. The summed E-state index contributed by atoms with van der Waals surface area (Å²) in [5.74, 6) is 1.86. The highest BCUT2D eigenvalue weighted by Gasteiger charge is 2.17. The standard InChI is InChI=1S/C24H24FN7O/c1-30-11-13-31(14-12-30)21-7-4-8-22(29-21)32-16-17(15-27-32)19-9-10-26-24(28-19)23-18(25)5-3-6-20(23)33-2/h3-10,15-16H,11-14H2,1-2H3. The van der Waals surface area contributed by atoms with Gasteiger partial charge in [-0.05, 0) is 37.4 Å². The molecule has 0 N–H and O–H groups in total. The molecule has 4 aromatic rings. The van der Waals surface area contributed by atoms with Crippen LogP contribution in [0.4, 0.5) is 10.2 Å². The van der Waals surface area contributed by atoms with Crippen molar-refractivity contribution in [2.45, 2.75) is 0 Å². The highest BCUT2D eigenvalue weighted by Crippen LogP contribution is 2.31. The quantitative estimate of drug-likeness (QED) is 0.467. The van der Waals surface area contributed by atoms with E-state index in [2.05, 4.69) is 31.9 Å². The molecule has 9 heteroatoms. The Kier molecular flexibility index (Phi) is 5.70. The van der Waals surface area contributed by atoms with Gasteiger partial charge in [-0.2, -0.15) is 5.10 Å². The Morgan fingerprint density at radius 3 is 2.55 bits per heavy atom. The smallest absolute Gasteiger partial charge is 0.166 e. The first-order valence-electron chi connectivity index (χ1n) is 10.7. The van der Waals surface area contributed by atoms with E-state index >= 15 is 0 Å². The summed E-state index contributed by atoms with van der Waals surface area (Å²) in [5.41, 5.74) is 1.64. The van der Waals surface area contributed by atoms with Gasteiger partial charge in [-0.1, -0.05) is 12.1 Å². The number of pyridine rings is 1. The van der Waals surface area contributed by atoms with Crippen LogP contribution in [0.2, 0.25) is 0 Å². The van der Waals surface area contributed by atoms with Gasteiger partial charge < -0.3 is 14.5 Å². The molecule has 0 unspecified atom stereocenters. The number of benzene rings is 1. The fourth-order valence-corrected chi connectivity index (χ4v) is 3.86. The van der Waals surface area contributed by atoms with Crippen molar-refractivity contribution in [3.8, 4) is 34.2 Å². The number of halogens is 1. The van der Waals surface area contributed by atoms with Crippen LogP contribution in [0, 0.1) is 5.82 Å². The summed E-state index contributed by atoms with van der Waals surface area (Å²) in [6, 6.07) is 12.4. The summed E-state index contributed by atoms with van der Waals surface area (Å²) in [6.45, 7) is 3.92. The van der Waals surface area contributed by atoms with Gasteiger partial charge in [0.1, 0.15) is 17.4 Å². The van der Waals surface area contributed by atoms with E-state index in [-0.39, 0.29) is 11.4 Å². The van der Waals surface area contributed by atoms with E-state index < -0.39 is 5.82 Å². The van der Waals surface area contributed by atoms with Crippen molar-refractivity contribution in [1.82, 2.24) is 29.6 Å². The second-order valence-corrected chi connectivity index (χ2v) is 7.90. The van der Waals surface area contributed by atoms with Crippen molar-refractivity contribution in [2.75, 3.05) is 45.2 Å². The van der Waals surface area contributed by atoms with Gasteiger partial charge in [0.2, 0.25) is 0 Å². The number of ether oxygens (including phenoxy) is 1. The van der Waals surface area contributed by atoms with Gasteiger partial charge in [-0.3, -0.25) is 0 Å². The molecule has 0 radical (unpaired) electrons. The molecule has 0 atom stereocenters. The fourth-order valence-electron chi connectivity index (χ4n) is 3.86. The van der Waals surface area contributed by atoms with Gasteiger partial charge in [-0.15, -0.1) is 0 Å². The highest BCUT2D eigenvalue weighted by atomic mass is 19.1. The Hall–Kier alpha value is -3.85. The van der Waals surface area contributed by atoms with Gasteiger partial charge >= 0.3 is 0 Å². The first-order chi connectivity index (χ1) is 16.1. The average molecular weight is 446 g/mol. The molecule has 4 heterocycles. The maximum Gasteiger partial charge on any atom is 0.166 e. The highest BCUT2D eigenvalue weighted by molar-refractivity contribution is 5.68. The molecular weight excluding hydrogens is 421 g/mol. The second-order valence-electron chi connectivity index (χ2n) is 7.90. The molecule has 0 saturated carbocycles. The second kappa shape index (κ2) is 8.95. The summed E-state index contributed by atoms with van der Waals surface area (Å²) in [6.07, 6.45) is 5.18. The number of piperazine rings is 1. The molecule has 168 valence electrons. The lowest BCUT2D eigenvalue weighted by molar-refractivity contribution is 0.312. The van der Waals surface area contributed by atoms with E-state index in [0.29, 0.717) is 11.4 Å². The summed E-state index contributed by atoms with van der Waals surface area (Å²) in [5, 5.41) is 4.48. The molecule has 1 saturated heterocycles. The van der Waals surface area contributed by atoms with Crippen LogP contribution in [0.1, 0.15) is 0 Å². The number of hydrogen-bond acceptors (Lipinski definition) is 7. The zero-order valence-electron chi connectivity index (χ0n) is 18.5. The van der Waals surface area contributed by atoms with Crippen LogP contribution in [0.15, 0.2) is 61.1 Å². The topological polar surface area (TPSA) is 72.2 Å². The van der Waals surface area contributed by atoms with Crippen LogP contribution in [0.5, 0.6) is 5.75 Å². The van der Waals surface area contributed by atoms with E-state index in [1.54, 1.807) is 35.3 Å². The molecular formula is C24H24FN7O.